The van der Waals surface area contributed by atoms with Gasteiger partial charge in [0.15, 0.2) is 0 Å². The fourth-order valence-electron chi connectivity index (χ4n) is 5.84. The van der Waals surface area contributed by atoms with Crippen molar-refractivity contribution in [2.75, 3.05) is 53.5 Å². The van der Waals surface area contributed by atoms with Crippen molar-refractivity contribution in [3.63, 3.8) is 0 Å². The molecule has 0 radical (unpaired) electrons. The van der Waals surface area contributed by atoms with E-state index < -0.39 is 11.8 Å². The average Bonchev–Trinajstić information content (AvgIpc) is 3.38. The molecule has 0 saturated carbocycles. The van der Waals surface area contributed by atoms with Gasteiger partial charge in [-0.2, -0.15) is 0 Å². The number of hydrogen-bond donors (Lipinski definition) is 0. The summed E-state index contributed by atoms with van der Waals surface area (Å²) >= 11 is 0. The zero-order chi connectivity index (χ0) is 34.3. The third-order valence-corrected chi connectivity index (χ3v) is 8.72. The standard InChI is InChI=1S/C38H55N5O4.Na/c1-9-42(10-2)23-15-17-27(5)39-35(29-19-13-21-31(25-29)46-7)33-34(38(45)41-37(33)44)36(30-20-14-22-32(26-30)47-8)40-28(6)18-16-24-43(11-3)12-4;/h13-14,19-22,25-28H,9-12,15-18,23-24H2,1-8H3,(H,41,44,45);/q;+1/p-1. The molecule has 3 rings (SSSR count). The quantitative estimate of drug-likeness (QED) is 0.121. The Morgan fingerprint density at radius 1 is 0.688 bits per heavy atom. The molecule has 0 aromatic heterocycles. The molecule has 1 aliphatic heterocycles. The third-order valence-electron chi connectivity index (χ3n) is 8.72. The molecule has 0 N–H and O–H groups in total. The number of carbonyl (C=O) groups excluding carboxylic acids is 2. The molecule has 0 aliphatic carbocycles. The van der Waals surface area contributed by atoms with Crippen molar-refractivity contribution in [2.45, 2.75) is 79.3 Å². The van der Waals surface area contributed by atoms with Crippen LogP contribution in [-0.2, 0) is 9.59 Å². The first-order chi connectivity index (χ1) is 22.7. The van der Waals surface area contributed by atoms with Gasteiger partial charge < -0.3 is 34.2 Å². The van der Waals surface area contributed by atoms with E-state index in [9.17, 15) is 9.59 Å². The van der Waals surface area contributed by atoms with Crippen LogP contribution < -0.4 is 39.0 Å². The van der Waals surface area contributed by atoms with Crippen LogP contribution in [0.15, 0.2) is 69.7 Å². The Bertz CT molecular complexity index is 1330. The number of amides is 2. The second-order valence-electron chi connectivity index (χ2n) is 11.9. The van der Waals surface area contributed by atoms with Gasteiger partial charge in [-0.25, -0.2) is 0 Å². The molecule has 0 fully saturated rings. The normalized spacial score (nSPS) is 15.1. The Kier molecular flexibility index (Phi) is 18.4. The number of methoxy groups -OCH3 is 2. The molecule has 2 amide bonds. The molecule has 0 spiro atoms. The van der Waals surface area contributed by atoms with Crippen molar-refractivity contribution < 1.29 is 48.6 Å². The van der Waals surface area contributed by atoms with E-state index in [1.54, 1.807) is 14.2 Å². The molecule has 2 aromatic rings. The zero-order valence-electron chi connectivity index (χ0n) is 30.7. The van der Waals surface area contributed by atoms with Crippen molar-refractivity contribution >= 4 is 23.2 Å². The maximum atomic E-state index is 13.7. The van der Waals surface area contributed by atoms with E-state index >= 15 is 0 Å². The maximum Gasteiger partial charge on any atom is 1.00 e. The minimum atomic E-state index is -0.605. The fourth-order valence-corrected chi connectivity index (χ4v) is 5.84. The Hall–Kier alpha value is -2.82. The van der Waals surface area contributed by atoms with Crippen LogP contribution in [-0.4, -0.2) is 98.6 Å². The summed E-state index contributed by atoms with van der Waals surface area (Å²) in [5.74, 6) is 0.0471. The number of aliphatic imine (C=N–C) groups is 2. The molecule has 48 heavy (non-hydrogen) atoms. The number of benzene rings is 2. The van der Waals surface area contributed by atoms with Gasteiger partial charge in [-0.3, -0.25) is 9.98 Å². The van der Waals surface area contributed by atoms with E-state index in [1.165, 1.54) is 0 Å². The van der Waals surface area contributed by atoms with Crippen molar-refractivity contribution in [1.82, 2.24) is 9.80 Å². The molecule has 9 nitrogen and oxygen atoms in total. The molecule has 1 aliphatic rings. The molecular weight excluding hydrogens is 613 g/mol. The largest absolute Gasteiger partial charge is 1.00 e. The summed E-state index contributed by atoms with van der Waals surface area (Å²) in [6, 6.07) is 14.7. The van der Waals surface area contributed by atoms with Crippen LogP contribution in [0.1, 0.15) is 78.4 Å². The number of rotatable bonds is 20. The van der Waals surface area contributed by atoms with Crippen molar-refractivity contribution in [2.24, 2.45) is 9.98 Å². The summed E-state index contributed by atoms with van der Waals surface area (Å²) in [5, 5.41) is 3.97. The van der Waals surface area contributed by atoms with Crippen LogP contribution in [0, 0.1) is 0 Å². The van der Waals surface area contributed by atoms with Gasteiger partial charge in [0, 0.05) is 34.4 Å². The second kappa shape index (κ2) is 21.3. The van der Waals surface area contributed by atoms with Crippen LogP contribution in [0.4, 0.5) is 0 Å². The summed E-state index contributed by atoms with van der Waals surface area (Å²) in [7, 11) is 3.20. The Morgan fingerprint density at radius 3 is 1.40 bits per heavy atom. The number of ether oxygens (including phenoxy) is 2. The summed E-state index contributed by atoms with van der Waals surface area (Å²) in [6.45, 7) is 18.7. The van der Waals surface area contributed by atoms with Gasteiger partial charge in [0.05, 0.1) is 37.5 Å². The number of imide groups is 1. The van der Waals surface area contributed by atoms with E-state index in [4.69, 9.17) is 19.5 Å². The third kappa shape index (κ3) is 11.7. The van der Waals surface area contributed by atoms with Crippen LogP contribution in [0.3, 0.4) is 0 Å². The van der Waals surface area contributed by atoms with Crippen LogP contribution >= 0.6 is 0 Å². The van der Waals surface area contributed by atoms with Gasteiger partial charge in [0.2, 0.25) is 0 Å². The molecule has 10 heteroatoms. The van der Waals surface area contributed by atoms with Crippen molar-refractivity contribution in [3.8, 4) is 11.5 Å². The second-order valence-corrected chi connectivity index (χ2v) is 11.9. The smallest absolute Gasteiger partial charge is 0.587 e. The Balaban J connectivity index is 0.00000800. The minimum absolute atomic E-state index is 0. The van der Waals surface area contributed by atoms with Gasteiger partial charge in [-0.15, -0.1) is 0 Å². The van der Waals surface area contributed by atoms with Gasteiger partial charge in [0.1, 0.15) is 11.5 Å². The van der Waals surface area contributed by atoms with Gasteiger partial charge in [-0.05, 0) is 103 Å². The van der Waals surface area contributed by atoms with Gasteiger partial charge >= 0.3 is 29.6 Å². The first-order valence-corrected chi connectivity index (χ1v) is 17.1. The topological polar surface area (TPSA) is 97.9 Å². The molecule has 0 saturated heterocycles. The van der Waals surface area contributed by atoms with E-state index in [-0.39, 0.29) is 52.8 Å². The monoisotopic (exact) mass is 667 g/mol. The fraction of sp³-hybridized carbons (Fsp3) is 0.526. The van der Waals surface area contributed by atoms with E-state index in [2.05, 4.69) is 56.7 Å². The summed E-state index contributed by atoms with van der Waals surface area (Å²) < 4.78 is 11.1. The van der Waals surface area contributed by atoms with Crippen LogP contribution in [0.2, 0.25) is 0 Å². The molecule has 2 unspecified atom stereocenters. The van der Waals surface area contributed by atoms with Gasteiger partial charge in [0.25, 0.3) is 0 Å². The zero-order valence-corrected chi connectivity index (χ0v) is 32.7. The van der Waals surface area contributed by atoms with Crippen LogP contribution in [0.25, 0.3) is 5.32 Å². The summed E-state index contributed by atoms with van der Waals surface area (Å²) in [5.41, 5.74) is 2.58. The van der Waals surface area contributed by atoms with Crippen LogP contribution in [0.5, 0.6) is 11.5 Å². The Labute approximate surface area is 310 Å². The Morgan fingerprint density at radius 2 is 1.06 bits per heavy atom. The van der Waals surface area contributed by atoms with Crippen molar-refractivity contribution in [1.29, 1.82) is 0 Å². The minimum Gasteiger partial charge on any atom is -0.587 e. The molecule has 1 heterocycles. The first-order valence-electron chi connectivity index (χ1n) is 17.1. The van der Waals surface area contributed by atoms with Gasteiger partial charge in [-0.1, -0.05) is 52.0 Å². The first kappa shape index (κ1) is 41.4. The van der Waals surface area contributed by atoms with E-state index in [1.807, 2.05) is 48.5 Å². The van der Waals surface area contributed by atoms with E-state index in [0.717, 1.165) is 65.0 Å². The SMILES string of the molecule is CCN(CC)CCCC(C)N=C(C1=C(C(=NC(C)CCCN(CC)CC)c2cccc(OC)c2)C(=O)[N-]C1=O)c1cccc(OC)c1.[Na+]. The molecular formula is C38H54N5NaO4. The summed E-state index contributed by atoms with van der Waals surface area (Å²) in [4.78, 5) is 42.5. The number of hydrogen-bond acceptors (Lipinski definition) is 8. The molecule has 2 aromatic carbocycles. The number of carbonyl (C=O) groups is 2. The molecule has 0 bridgehead atoms. The van der Waals surface area contributed by atoms with Crippen molar-refractivity contribution in [3.05, 3.63) is 76.1 Å². The molecule has 256 valence electrons. The predicted octanol–water partition coefficient (Wildman–Crippen LogP) is 3.74. The predicted molar refractivity (Wildman–Crippen MR) is 192 cm³/mol. The maximum absolute atomic E-state index is 13.7. The average molecular weight is 668 g/mol. The number of nitrogens with zero attached hydrogens (tertiary/aromatic N) is 5. The summed E-state index contributed by atoms with van der Waals surface area (Å²) in [6.07, 6.45) is 3.57. The molecule has 2 atom stereocenters. The van der Waals surface area contributed by atoms with E-state index in [0.29, 0.717) is 34.0 Å².